The summed E-state index contributed by atoms with van der Waals surface area (Å²) in [5.41, 5.74) is 2.46. The number of rotatable bonds is 4. The van der Waals surface area contributed by atoms with Crippen molar-refractivity contribution < 1.29 is 0 Å². The minimum absolute atomic E-state index is 0.785. The molecule has 1 atom stereocenters. The molecule has 1 saturated heterocycles. The summed E-state index contributed by atoms with van der Waals surface area (Å²) >= 11 is 6.28. The van der Waals surface area contributed by atoms with Crippen molar-refractivity contribution >= 4 is 11.6 Å². The van der Waals surface area contributed by atoms with Gasteiger partial charge >= 0.3 is 0 Å². The van der Waals surface area contributed by atoms with Crippen LogP contribution in [0.3, 0.4) is 0 Å². The number of hydrogen-bond acceptors (Lipinski definition) is 2. The maximum absolute atomic E-state index is 6.28. The fourth-order valence-corrected chi connectivity index (χ4v) is 2.95. The van der Waals surface area contributed by atoms with Gasteiger partial charge in [-0.25, -0.2) is 0 Å². The highest BCUT2D eigenvalue weighted by Crippen LogP contribution is 2.20. The van der Waals surface area contributed by atoms with E-state index >= 15 is 0 Å². The Morgan fingerprint density at radius 3 is 2.94 bits per heavy atom. The highest BCUT2D eigenvalue weighted by molar-refractivity contribution is 6.31. The Morgan fingerprint density at radius 2 is 2.28 bits per heavy atom. The molecule has 1 aromatic carbocycles. The molecule has 1 heterocycles. The molecule has 0 saturated carbocycles. The van der Waals surface area contributed by atoms with Gasteiger partial charge in [-0.15, -0.1) is 0 Å². The first-order chi connectivity index (χ1) is 8.65. The van der Waals surface area contributed by atoms with Crippen LogP contribution in [0.15, 0.2) is 18.2 Å². The second kappa shape index (κ2) is 6.55. The Morgan fingerprint density at radius 1 is 1.44 bits per heavy atom. The quantitative estimate of drug-likeness (QED) is 0.901. The maximum Gasteiger partial charge on any atom is 0.0453 e. The van der Waals surface area contributed by atoms with Crippen molar-refractivity contribution in [3.8, 4) is 0 Å². The molecule has 0 radical (unpaired) electrons. The molecule has 100 valence electrons. The van der Waals surface area contributed by atoms with Crippen molar-refractivity contribution in [1.29, 1.82) is 0 Å². The second-order valence-electron chi connectivity index (χ2n) is 5.50. The van der Waals surface area contributed by atoms with E-state index in [9.17, 15) is 0 Å². The van der Waals surface area contributed by atoms with Crippen LogP contribution in [0.4, 0.5) is 0 Å². The number of nitrogens with zero attached hydrogens (tertiary/aromatic N) is 1. The number of nitrogens with one attached hydrogen (secondary N) is 1. The van der Waals surface area contributed by atoms with Crippen LogP contribution in [0.1, 0.15) is 24.0 Å². The first-order valence-electron chi connectivity index (χ1n) is 6.79. The third-order valence-corrected chi connectivity index (χ3v) is 3.97. The average molecular weight is 267 g/mol. The van der Waals surface area contributed by atoms with Crippen LogP contribution in [0.5, 0.6) is 0 Å². The number of piperidine rings is 1. The Labute approximate surface area is 115 Å². The number of benzene rings is 1. The zero-order chi connectivity index (χ0) is 13.0. The summed E-state index contributed by atoms with van der Waals surface area (Å²) in [5, 5.41) is 4.36. The van der Waals surface area contributed by atoms with Gasteiger partial charge in [-0.2, -0.15) is 0 Å². The molecule has 0 bridgehead atoms. The molecule has 1 unspecified atom stereocenters. The third-order valence-electron chi connectivity index (χ3n) is 3.62. The largest absolute Gasteiger partial charge is 0.316 e. The van der Waals surface area contributed by atoms with E-state index in [4.69, 9.17) is 11.6 Å². The molecular formula is C15H23ClN2. The van der Waals surface area contributed by atoms with E-state index in [2.05, 4.69) is 36.3 Å². The maximum atomic E-state index is 6.28. The van der Waals surface area contributed by atoms with Crippen molar-refractivity contribution in [2.75, 3.05) is 26.7 Å². The lowest BCUT2D eigenvalue weighted by Gasteiger charge is -2.27. The van der Waals surface area contributed by atoms with Gasteiger partial charge in [0.15, 0.2) is 0 Å². The van der Waals surface area contributed by atoms with Crippen molar-refractivity contribution in [3.05, 3.63) is 34.3 Å². The molecule has 3 heteroatoms. The van der Waals surface area contributed by atoms with Gasteiger partial charge < -0.3 is 10.2 Å². The Kier molecular flexibility index (Phi) is 5.04. The summed E-state index contributed by atoms with van der Waals surface area (Å²) in [6.45, 7) is 6.51. The molecule has 0 amide bonds. The summed E-state index contributed by atoms with van der Waals surface area (Å²) in [6.07, 6.45) is 2.66. The molecule has 0 aromatic heterocycles. The van der Waals surface area contributed by atoms with Crippen molar-refractivity contribution in [2.45, 2.75) is 26.3 Å². The van der Waals surface area contributed by atoms with Crippen molar-refractivity contribution in [2.24, 2.45) is 5.92 Å². The number of aryl methyl sites for hydroxylation is 1. The van der Waals surface area contributed by atoms with E-state index < -0.39 is 0 Å². The summed E-state index contributed by atoms with van der Waals surface area (Å²) in [4.78, 5) is 2.38. The van der Waals surface area contributed by atoms with Crippen LogP contribution >= 0.6 is 11.6 Å². The minimum Gasteiger partial charge on any atom is -0.316 e. The van der Waals surface area contributed by atoms with Crippen LogP contribution in [-0.2, 0) is 6.54 Å². The van der Waals surface area contributed by atoms with Crippen molar-refractivity contribution in [3.63, 3.8) is 0 Å². The summed E-state index contributed by atoms with van der Waals surface area (Å²) in [7, 11) is 2.19. The standard InChI is InChI=1S/C15H23ClN2/c1-12-5-6-14(15(16)8-12)11-18(2)10-13-4-3-7-17-9-13/h5-6,8,13,17H,3-4,7,9-11H2,1-2H3. The van der Waals surface area contributed by atoms with Crippen LogP contribution in [0.25, 0.3) is 0 Å². The molecule has 2 rings (SSSR count). The van der Waals surface area contributed by atoms with Gasteiger partial charge in [-0.1, -0.05) is 23.7 Å². The predicted octanol–water partition coefficient (Wildman–Crippen LogP) is 3.08. The van der Waals surface area contributed by atoms with E-state index in [1.807, 2.05) is 6.07 Å². The number of hydrogen-bond donors (Lipinski definition) is 1. The molecule has 1 aliphatic heterocycles. The Balaban J connectivity index is 1.87. The normalized spacial score (nSPS) is 20.3. The molecule has 0 aliphatic carbocycles. The Hall–Kier alpha value is -0.570. The molecule has 1 aromatic rings. The van der Waals surface area contributed by atoms with Crippen LogP contribution in [0, 0.1) is 12.8 Å². The van der Waals surface area contributed by atoms with Gasteiger partial charge in [-0.3, -0.25) is 0 Å². The van der Waals surface area contributed by atoms with Gasteiger partial charge in [0.25, 0.3) is 0 Å². The van der Waals surface area contributed by atoms with E-state index in [-0.39, 0.29) is 0 Å². The van der Waals surface area contributed by atoms with Gasteiger partial charge in [0, 0.05) is 18.1 Å². The highest BCUT2D eigenvalue weighted by Gasteiger charge is 2.15. The van der Waals surface area contributed by atoms with Crippen LogP contribution in [-0.4, -0.2) is 31.6 Å². The van der Waals surface area contributed by atoms with Gasteiger partial charge in [0.2, 0.25) is 0 Å². The van der Waals surface area contributed by atoms with E-state index in [1.54, 1.807) is 0 Å². The molecule has 18 heavy (non-hydrogen) atoms. The molecular weight excluding hydrogens is 244 g/mol. The summed E-state index contributed by atoms with van der Waals surface area (Å²) in [6, 6.07) is 6.33. The first kappa shape index (κ1) is 13.9. The predicted molar refractivity (Wildman–Crippen MR) is 78.1 cm³/mol. The lowest BCUT2D eigenvalue weighted by atomic mass is 9.99. The average Bonchev–Trinajstić information content (AvgIpc) is 2.34. The topological polar surface area (TPSA) is 15.3 Å². The fraction of sp³-hybridized carbons (Fsp3) is 0.600. The van der Waals surface area contributed by atoms with E-state index in [1.165, 1.54) is 30.5 Å². The molecule has 0 spiro atoms. The van der Waals surface area contributed by atoms with E-state index in [0.717, 1.165) is 30.6 Å². The lowest BCUT2D eigenvalue weighted by molar-refractivity contribution is 0.237. The highest BCUT2D eigenvalue weighted by atomic mass is 35.5. The smallest absolute Gasteiger partial charge is 0.0453 e. The fourth-order valence-electron chi connectivity index (χ4n) is 2.66. The molecule has 2 nitrogen and oxygen atoms in total. The van der Waals surface area contributed by atoms with E-state index in [0.29, 0.717) is 0 Å². The van der Waals surface area contributed by atoms with Gasteiger partial charge in [0.05, 0.1) is 0 Å². The van der Waals surface area contributed by atoms with Gasteiger partial charge in [0.1, 0.15) is 0 Å². The SMILES string of the molecule is Cc1ccc(CN(C)CC2CCCNC2)c(Cl)c1. The summed E-state index contributed by atoms with van der Waals surface area (Å²) < 4.78 is 0. The molecule has 1 aliphatic rings. The van der Waals surface area contributed by atoms with Crippen LogP contribution < -0.4 is 5.32 Å². The molecule has 1 N–H and O–H groups in total. The first-order valence-corrected chi connectivity index (χ1v) is 7.17. The van der Waals surface area contributed by atoms with Crippen LogP contribution in [0.2, 0.25) is 5.02 Å². The molecule has 1 fully saturated rings. The second-order valence-corrected chi connectivity index (χ2v) is 5.91. The monoisotopic (exact) mass is 266 g/mol. The lowest BCUT2D eigenvalue weighted by Crippen LogP contribution is -2.36. The minimum atomic E-state index is 0.785. The van der Waals surface area contributed by atoms with Gasteiger partial charge in [-0.05, 0) is 63.0 Å². The number of halogens is 1. The van der Waals surface area contributed by atoms with Crippen molar-refractivity contribution in [1.82, 2.24) is 10.2 Å². The third kappa shape index (κ3) is 3.98. The zero-order valence-electron chi connectivity index (χ0n) is 11.4. The Bertz CT molecular complexity index is 386. The zero-order valence-corrected chi connectivity index (χ0v) is 12.1. The summed E-state index contributed by atoms with van der Waals surface area (Å²) in [5.74, 6) is 0.785.